The number of rotatable bonds is 5. The fraction of sp³-hybridized carbons (Fsp3) is 0.500. The van der Waals surface area contributed by atoms with Gasteiger partial charge in [0.2, 0.25) is 10.0 Å². The fourth-order valence-electron chi connectivity index (χ4n) is 2.31. The van der Waals surface area contributed by atoms with E-state index < -0.39 is 28.6 Å². The monoisotopic (exact) mass is 313 g/mol. The third-order valence-corrected chi connectivity index (χ3v) is 5.37. The molecule has 116 valence electrons. The van der Waals surface area contributed by atoms with E-state index in [-0.39, 0.29) is 4.90 Å². The van der Waals surface area contributed by atoms with Gasteiger partial charge in [0.15, 0.2) is 0 Å². The van der Waals surface area contributed by atoms with E-state index in [4.69, 9.17) is 9.84 Å². The minimum Gasteiger partial charge on any atom is -0.493 e. The molecule has 6 nitrogen and oxygen atoms in total. The molecule has 1 N–H and O–H groups in total. The summed E-state index contributed by atoms with van der Waals surface area (Å²) >= 11 is 0. The average molecular weight is 313 g/mol. The van der Waals surface area contributed by atoms with Gasteiger partial charge in [-0.15, -0.1) is 0 Å². The summed E-state index contributed by atoms with van der Waals surface area (Å²) in [4.78, 5) is 11.0. The summed E-state index contributed by atoms with van der Waals surface area (Å²) in [6.07, 6.45) is 1.61. The summed E-state index contributed by atoms with van der Waals surface area (Å²) in [5, 5.41) is 8.91. The van der Waals surface area contributed by atoms with Gasteiger partial charge in [-0.25, -0.2) is 8.42 Å². The molecule has 0 saturated carbocycles. The molecule has 1 aromatic carbocycles. The lowest BCUT2D eigenvalue weighted by molar-refractivity contribution is -0.137. The Labute approximate surface area is 124 Å². The van der Waals surface area contributed by atoms with Crippen LogP contribution >= 0.6 is 0 Å². The molecule has 0 aliphatic carbocycles. The molecule has 1 heterocycles. The van der Waals surface area contributed by atoms with Crippen molar-refractivity contribution < 1.29 is 23.1 Å². The van der Waals surface area contributed by atoms with Gasteiger partial charge in [-0.2, -0.15) is 4.31 Å². The number of carbonyl (C=O) groups is 1. The number of aliphatic carboxylic acids is 1. The van der Waals surface area contributed by atoms with Crippen LogP contribution in [0.3, 0.4) is 0 Å². The van der Waals surface area contributed by atoms with E-state index in [2.05, 4.69) is 0 Å². The summed E-state index contributed by atoms with van der Waals surface area (Å²) in [5.41, 5.74) is 0.848. The number of nitrogens with zero attached hydrogens (tertiary/aromatic N) is 1. The Morgan fingerprint density at radius 2 is 2.14 bits per heavy atom. The number of hydrogen-bond acceptors (Lipinski definition) is 4. The summed E-state index contributed by atoms with van der Waals surface area (Å²) in [6.45, 7) is 3.40. The van der Waals surface area contributed by atoms with Crippen LogP contribution in [0.5, 0.6) is 5.75 Å². The second-order valence-electron chi connectivity index (χ2n) is 5.26. The second-order valence-corrected chi connectivity index (χ2v) is 7.15. The van der Waals surface area contributed by atoms with Crippen molar-refractivity contribution in [3.63, 3.8) is 0 Å². The molecular formula is C14H19NO5S. The second kappa shape index (κ2) is 6.03. The van der Waals surface area contributed by atoms with Crippen molar-refractivity contribution in [1.82, 2.24) is 4.31 Å². The molecule has 0 fully saturated rings. The maximum Gasteiger partial charge on any atom is 0.318 e. The molecule has 1 aliphatic rings. The topological polar surface area (TPSA) is 83.9 Å². The molecule has 0 spiro atoms. The van der Waals surface area contributed by atoms with E-state index in [0.717, 1.165) is 22.7 Å². The van der Waals surface area contributed by atoms with Crippen LogP contribution in [-0.2, 0) is 21.2 Å². The van der Waals surface area contributed by atoms with E-state index in [1.807, 2.05) is 0 Å². The summed E-state index contributed by atoms with van der Waals surface area (Å²) < 4.78 is 31.7. The summed E-state index contributed by atoms with van der Waals surface area (Å²) in [7, 11) is -3.83. The fourth-order valence-corrected chi connectivity index (χ4v) is 3.95. The van der Waals surface area contributed by atoms with Crippen molar-refractivity contribution in [2.45, 2.75) is 37.6 Å². The van der Waals surface area contributed by atoms with E-state index in [0.29, 0.717) is 12.4 Å². The highest BCUT2D eigenvalue weighted by atomic mass is 32.2. The van der Waals surface area contributed by atoms with Gasteiger partial charge in [0.25, 0.3) is 0 Å². The summed E-state index contributed by atoms with van der Waals surface area (Å²) in [5.74, 6) is -0.469. The Balaban J connectivity index is 2.40. The molecule has 0 amide bonds. The molecule has 0 bridgehead atoms. The van der Waals surface area contributed by atoms with Gasteiger partial charge < -0.3 is 9.84 Å². The van der Waals surface area contributed by atoms with Crippen LogP contribution in [0.25, 0.3) is 0 Å². The highest BCUT2D eigenvalue weighted by Gasteiger charge is 2.29. The Kier molecular flexibility index (Phi) is 4.53. The van der Waals surface area contributed by atoms with Gasteiger partial charge >= 0.3 is 5.97 Å². The minimum atomic E-state index is -3.83. The van der Waals surface area contributed by atoms with E-state index >= 15 is 0 Å². The lowest BCUT2D eigenvalue weighted by Crippen LogP contribution is -2.40. The number of carboxylic acids is 1. The lowest BCUT2D eigenvalue weighted by Gasteiger charge is -2.25. The third kappa shape index (κ3) is 3.36. The van der Waals surface area contributed by atoms with Crippen LogP contribution in [-0.4, -0.2) is 43.0 Å². The number of carboxylic acid groups (broad SMARTS) is 1. The minimum absolute atomic E-state index is 0.113. The largest absolute Gasteiger partial charge is 0.493 e. The van der Waals surface area contributed by atoms with Gasteiger partial charge in [0, 0.05) is 6.04 Å². The molecular weight excluding hydrogens is 294 g/mol. The van der Waals surface area contributed by atoms with Crippen molar-refractivity contribution in [1.29, 1.82) is 0 Å². The molecule has 1 aromatic rings. The van der Waals surface area contributed by atoms with Crippen molar-refractivity contribution in [3.05, 3.63) is 23.8 Å². The zero-order chi connectivity index (χ0) is 15.6. The Morgan fingerprint density at radius 3 is 2.76 bits per heavy atom. The Bertz CT molecular complexity index is 639. The maximum absolute atomic E-state index is 12.6. The quantitative estimate of drug-likeness (QED) is 0.890. The predicted octanol–water partition coefficient (Wildman–Crippen LogP) is 1.50. The van der Waals surface area contributed by atoms with Crippen molar-refractivity contribution in [2.24, 2.45) is 0 Å². The van der Waals surface area contributed by atoms with E-state index in [9.17, 15) is 13.2 Å². The lowest BCUT2D eigenvalue weighted by atomic mass is 10.1. The van der Waals surface area contributed by atoms with Crippen molar-refractivity contribution in [2.75, 3.05) is 13.2 Å². The summed E-state index contributed by atoms with van der Waals surface area (Å²) in [6, 6.07) is 4.26. The van der Waals surface area contributed by atoms with E-state index in [1.165, 1.54) is 6.07 Å². The van der Waals surface area contributed by atoms with Gasteiger partial charge in [-0.1, -0.05) is 0 Å². The number of hydrogen-bond donors (Lipinski definition) is 1. The first-order valence-electron chi connectivity index (χ1n) is 6.81. The molecule has 0 unspecified atom stereocenters. The van der Waals surface area contributed by atoms with Crippen LogP contribution < -0.4 is 4.74 Å². The van der Waals surface area contributed by atoms with Gasteiger partial charge in [-0.05, 0) is 50.5 Å². The van der Waals surface area contributed by atoms with Crippen LogP contribution in [0.1, 0.15) is 25.8 Å². The number of aryl methyl sites for hydroxylation is 1. The van der Waals surface area contributed by atoms with Crippen molar-refractivity contribution >= 4 is 16.0 Å². The molecule has 2 rings (SSSR count). The predicted molar refractivity (Wildman–Crippen MR) is 76.9 cm³/mol. The van der Waals surface area contributed by atoms with Crippen LogP contribution in [0.15, 0.2) is 23.1 Å². The van der Waals surface area contributed by atoms with Gasteiger partial charge in [-0.3, -0.25) is 4.79 Å². The maximum atomic E-state index is 12.6. The van der Waals surface area contributed by atoms with Gasteiger partial charge in [0.05, 0.1) is 11.5 Å². The standard InChI is InChI=1S/C14H19NO5S/c1-10(2)15(9-14(16)17)21(18,19)12-5-6-13-11(8-12)4-3-7-20-13/h5-6,8,10H,3-4,7,9H2,1-2H3,(H,16,17). The van der Waals surface area contributed by atoms with E-state index in [1.54, 1.807) is 26.0 Å². The molecule has 0 saturated heterocycles. The number of sulfonamides is 1. The average Bonchev–Trinajstić information content (AvgIpc) is 2.43. The highest BCUT2D eigenvalue weighted by molar-refractivity contribution is 7.89. The number of fused-ring (bicyclic) bond motifs is 1. The van der Waals surface area contributed by atoms with Gasteiger partial charge in [0.1, 0.15) is 12.3 Å². The number of benzene rings is 1. The molecule has 21 heavy (non-hydrogen) atoms. The first-order chi connectivity index (χ1) is 9.82. The Morgan fingerprint density at radius 1 is 1.43 bits per heavy atom. The highest BCUT2D eigenvalue weighted by Crippen LogP contribution is 2.29. The smallest absolute Gasteiger partial charge is 0.318 e. The zero-order valence-electron chi connectivity index (χ0n) is 12.1. The SMILES string of the molecule is CC(C)N(CC(=O)O)S(=O)(=O)c1ccc2c(c1)CCCO2. The molecule has 1 aliphatic heterocycles. The van der Waals surface area contributed by atoms with Crippen LogP contribution in [0.4, 0.5) is 0 Å². The van der Waals surface area contributed by atoms with Crippen LogP contribution in [0, 0.1) is 0 Å². The van der Waals surface area contributed by atoms with Crippen molar-refractivity contribution in [3.8, 4) is 5.75 Å². The molecule has 7 heteroatoms. The molecule has 0 atom stereocenters. The van der Waals surface area contributed by atoms with Crippen LogP contribution in [0.2, 0.25) is 0 Å². The molecule has 0 radical (unpaired) electrons. The Hall–Kier alpha value is -1.60. The first kappa shape index (κ1) is 15.8. The normalized spacial score (nSPS) is 14.9. The number of ether oxygens (including phenoxy) is 1. The zero-order valence-corrected chi connectivity index (χ0v) is 12.9. The molecule has 0 aromatic heterocycles. The first-order valence-corrected chi connectivity index (χ1v) is 8.25. The third-order valence-electron chi connectivity index (χ3n) is 3.35.